The summed E-state index contributed by atoms with van der Waals surface area (Å²) >= 11 is 0. The average Bonchev–Trinajstić information content (AvgIpc) is 3.05. The predicted octanol–water partition coefficient (Wildman–Crippen LogP) is 7.77. The van der Waals surface area contributed by atoms with Gasteiger partial charge in [0.05, 0.1) is 24.2 Å². The summed E-state index contributed by atoms with van der Waals surface area (Å²) in [5.74, 6) is 3.14. The van der Waals surface area contributed by atoms with E-state index in [1.54, 1.807) is 7.11 Å². The number of hydrogen-bond acceptors (Lipinski definition) is 5. The van der Waals surface area contributed by atoms with Crippen LogP contribution in [0.5, 0.6) is 17.2 Å². The van der Waals surface area contributed by atoms with Crippen LogP contribution in [0, 0.1) is 13.8 Å². The number of methoxy groups -OCH3 is 1. The molecule has 0 radical (unpaired) electrons. The Hall–Kier alpha value is -4.38. The largest absolute Gasteiger partial charge is 0.497 e. The second-order valence-corrected chi connectivity index (χ2v) is 8.58. The van der Waals surface area contributed by atoms with Gasteiger partial charge in [-0.2, -0.15) is 0 Å². The summed E-state index contributed by atoms with van der Waals surface area (Å²) in [6.45, 7) is 4.14. The van der Waals surface area contributed by atoms with E-state index < -0.39 is 0 Å². The fraction of sp³-hybridized carbons (Fsp3) is 0.133. The van der Waals surface area contributed by atoms with Crippen molar-refractivity contribution in [2.45, 2.75) is 20.3 Å². The molecule has 1 heterocycles. The Morgan fingerprint density at radius 1 is 0.657 bits per heavy atom. The molecule has 0 atom stereocenters. The molecular weight excluding hydrogens is 434 g/mol. The molecule has 1 N–H and O–H groups in total. The van der Waals surface area contributed by atoms with E-state index in [0.29, 0.717) is 6.42 Å². The van der Waals surface area contributed by atoms with E-state index in [1.807, 2.05) is 66.7 Å². The third kappa shape index (κ3) is 5.41. The summed E-state index contributed by atoms with van der Waals surface area (Å²) in [4.78, 5) is 9.97. The van der Waals surface area contributed by atoms with Gasteiger partial charge in [0.15, 0.2) is 0 Å². The molecule has 4 aromatic carbocycles. The lowest BCUT2D eigenvalue weighted by molar-refractivity contribution is 0.415. The molecule has 35 heavy (non-hydrogen) atoms. The van der Waals surface area contributed by atoms with Gasteiger partial charge in [-0.25, -0.2) is 9.98 Å². The minimum absolute atomic E-state index is 0.567. The molecule has 4 aromatic rings. The zero-order valence-corrected chi connectivity index (χ0v) is 20.1. The van der Waals surface area contributed by atoms with Gasteiger partial charge in [-0.1, -0.05) is 47.5 Å². The molecule has 0 saturated heterocycles. The van der Waals surface area contributed by atoms with Crippen molar-refractivity contribution in [1.82, 2.24) is 0 Å². The normalized spacial score (nSPS) is 12.7. The Morgan fingerprint density at radius 2 is 1.29 bits per heavy atom. The first kappa shape index (κ1) is 22.4. The highest BCUT2D eigenvalue weighted by Crippen LogP contribution is 2.37. The Morgan fingerprint density at radius 3 is 1.97 bits per heavy atom. The highest BCUT2D eigenvalue weighted by atomic mass is 16.5. The highest BCUT2D eigenvalue weighted by molar-refractivity contribution is 6.18. The molecule has 1 aliphatic rings. The Labute approximate surface area is 205 Å². The van der Waals surface area contributed by atoms with Gasteiger partial charge in [0, 0.05) is 18.2 Å². The van der Waals surface area contributed by atoms with Crippen molar-refractivity contribution >= 4 is 28.6 Å². The second kappa shape index (κ2) is 9.85. The number of anilines is 1. The number of amidine groups is 1. The standard InChI is InChI=1S/C30H27N3O2/c1-20-4-8-22(9-5-20)28-19-30(31-23-10-14-24(34-3)15-11-23)33-27-17-16-26(18-29(27)32-28)35-25-12-6-21(2)7-13-25/h4-18H,19H2,1-3H3,(H,31,33). The molecule has 0 spiro atoms. The van der Waals surface area contributed by atoms with Crippen LogP contribution in [0.2, 0.25) is 0 Å². The molecule has 0 saturated carbocycles. The molecule has 5 heteroatoms. The van der Waals surface area contributed by atoms with Crippen molar-refractivity contribution in [2.75, 3.05) is 12.4 Å². The molecule has 0 aromatic heterocycles. The van der Waals surface area contributed by atoms with Crippen LogP contribution in [0.4, 0.5) is 17.1 Å². The third-order valence-electron chi connectivity index (χ3n) is 5.81. The van der Waals surface area contributed by atoms with Gasteiger partial charge in [-0.15, -0.1) is 0 Å². The number of ether oxygens (including phenoxy) is 2. The van der Waals surface area contributed by atoms with Crippen LogP contribution in [0.3, 0.4) is 0 Å². The van der Waals surface area contributed by atoms with Gasteiger partial charge >= 0.3 is 0 Å². The molecule has 1 aliphatic heterocycles. The van der Waals surface area contributed by atoms with Crippen molar-refractivity contribution in [3.8, 4) is 17.2 Å². The molecule has 0 fully saturated rings. The summed E-state index contributed by atoms with van der Waals surface area (Å²) in [6.07, 6.45) is 0.567. The number of aryl methyl sites for hydroxylation is 2. The molecular formula is C30H27N3O2. The van der Waals surface area contributed by atoms with E-state index in [-0.39, 0.29) is 0 Å². The van der Waals surface area contributed by atoms with Crippen LogP contribution in [-0.4, -0.2) is 18.7 Å². The molecule has 5 nitrogen and oxygen atoms in total. The van der Waals surface area contributed by atoms with Gasteiger partial charge in [0.1, 0.15) is 23.1 Å². The maximum absolute atomic E-state index is 6.10. The summed E-state index contributed by atoms with van der Waals surface area (Å²) in [6, 6.07) is 30.1. The number of fused-ring (bicyclic) bond motifs is 1. The van der Waals surface area contributed by atoms with E-state index in [1.165, 1.54) is 11.1 Å². The van der Waals surface area contributed by atoms with Crippen molar-refractivity contribution in [3.63, 3.8) is 0 Å². The lowest BCUT2D eigenvalue weighted by Crippen LogP contribution is -2.16. The van der Waals surface area contributed by atoms with E-state index in [4.69, 9.17) is 19.5 Å². The maximum atomic E-state index is 6.10. The van der Waals surface area contributed by atoms with Gasteiger partial charge in [0.25, 0.3) is 0 Å². The molecule has 0 bridgehead atoms. The molecule has 0 unspecified atom stereocenters. The van der Waals surface area contributed by atoms with Crippen LogP contribution < -0.4 is 14.8 Å². The molecule has 0 amide bonds. The van der Waals surface area contributed by atoms with Crippen LogP contribution in [-0.2, 0) is 0 Å². The quantitative estimate of drug-likeness (QED) is 0.330. The number of rotatable bonds is 5. The van der Waals surface area contributed by atoms with Crippen LogP contribution in [0.15, 0.2) is 101 Å². The Balaban J connectivity index is 1.51. The van der Waals surface area contributed by atoms with E-state index in [9.17, 15) is 0 Å². The molecule has 174 valence electrons. The topological polar surface area (TPSA) is 55.2 Å². The SMILES string of the molecule is COc1ccc(NC2=Nc3ccc(Oc4ccc(C)cc4)cc3N=C(c3ccc(C)cc3)C2)cc1. The number of benzene rings is 4. The Kier molecular flexibility index (Phi) is 6.31. The van der Waals surface area contributed by atoms with Gasteiger partial charge in [-0.05, 0) is 67.9 Å². The van der Waals surface area contributed by atoms with E-state index in [0.717, 1.165) is 51.4 Å². The van der Waals surface area contributed by atoms with Gasteiger partial charge < -0.3 is 14.8 Å². The molecule has 5 rings (SSSR count). The number of nitrogens with one attached hydrogen (secondary N) is 1. The molecule has 0 aliphatic carbocycles. The average molecular weight is 462 g/mol. The van der Waals surface area contributed by atoms with Crippen LogP contribution in [0.1, 0.15) is 23.1 Å². The summed E-state index contributed by atoms with van der Waals surface area (Å²) < 4.78 is 11.4. The lowest BCUT2D eigenvalue weighted by atomic mass is 10.0. The first-order valence-corrected chi connectivity index (χ1v) is 11.6. The summed E-state index contributed by atoms with van der Waals surface area (Å²) in [5.41, 5.74) is 6.92. The fourth-order valence-corrected chi connectivity index (χ4v) is 3.85. The smallest absolute Gasteiger partial charge is 0.129 e. The van der Waals surface area contributed by atoms with E-state index >= 15 is 0 Å². The lowest BCUT2D eigenvalue weighted by Gasteiger charge is -2.11. The first-order chi connectivity index (χ1) is 17.1. The second-order valence-electron chi connectivity index (χ2n) is 8.58. The zero-order chi connectivity index (χ0) is 24.2. The zero-order valence-electron chi connectivity index (χ0n) is 20.1. The number of aliphatic imine (C=N–C) groups is 2. The van der Waals surface area contributed by atoms with Crippen molar-refractivity contribution < 1.29 is 9.47 Å². The minimum atomic E-state index is 0.567. The first-order valence-electron chi connectivity index (χ1n) is 11.6. The Bertz CT molecular complexity index is 1390. The van der Waals surface area contributed by atoms with Crippen LogP contribution >= 0.6 is 0 Å². The maximum Gasteiger partial charge on any atom is 0.129 e. The summed E-state index contributed by atoms with van der Waals surface area (Å²) in [7, 11) is 1.66. The number of nitrogens with zero attached hydrogens (tertiary/aromatic N) is 2. The van der Waals surface area contributed by atoms with Crippen molar-refractivity contribution in [2.24, 2.45) is 9.98 Å². The predicted molar refractivity (Wildman–Crippen MR) is 143 cm³/mol. The summed E-state index contributed by atoms with van der Waals surface area (Å²) in [5, 5.41) is 3.47. The highest BCUT2D eigenvalue weighted by Gasteiger charge is 2.16. The van der Waals surface area contributed by atoms with Crippen molar-refractivity contribution in [3.05, 3.63) is 108 Å². The van der Waals surface area contributed by atoms with Crippen LogP contribution in [0.25, 0.3) is 0 Å². The van der Waals surface area contributed by atoms with Crippen molar-refractivity contribution in [1.29, 1.82) is 0 Å². The number of hydrogen-bond donors (Lipinski definition) is 1. The fourth-order valence-electron chi connectivity index (χ4n) is 3.85. The third-order valence-corrected chi connectivity index (χ3v) is 5.81. The van der Waals surface area contributed by atoms with E-state index in [2.05, 4.69) is 43.4 Å². The van der Waals surface area contributed by atoms with Gasteiger partial charge in [-0.3, -0.25) is 0 Å². The monoisotopic (exact) mass is 461 g/mol. The minimum Gasteiger partial charge on any atom is -0.497 e. The van der Waals surface area contributed by atoms with Gasteiger partial charge in [0.2, 0.25) is 0 Å².